The summed E-state index contributed by atoms with van der Waals surface area (Å²) in [7, 11) is -3.88. The Labute approximate surface area is 122 Å². The molecule has 0 radical (unpaired) electrons. The molecule has 2 aromatic rings. The zero-order valence-electron chi connectivity index (χ0n) is 11.5. The summed E-state index contributed by atoms with van der Waals surface area (Å²) >= 11 is 0. The molecule has 0 fully saturated rings. The maximum Gasteiger partial charge on any atom is 0.335 e. The number of carbonyl (C=O) groups is 1. The lowest BCUT2D eigenvalue weighted by Gasteiger charge is -2.09. The van der Waals surface area contributed by atoms with Crippen molar-refractivity contribution in [2.75, 3.05) is 4.72 Å². The number of nitrogens with zero attached hydrogens (tertiary/aromatic N) is 1. The standard InChI is InChI=1S/C14H14N2O4S/c1-9-6-7-11(8-12(9)14(17)18)21(19,20)16-13-5-3-4-10(2)15-13/h3-8H,1-2H3,(H,15,16)(H,17,18). The monoisotopic (exact) mass is 306 g/mol. The van der Waals surface area contributed by atoms with Crippen molar-refractivity contribution in [1.29, 1.82) is 0 Å². The van der Waals surface area contributed by atoms with Gasteiger partial charge in [-0.3, -0.25) is 4.72 Å². The molecular weight excluding hydrogens is 292 g/mol. The van der Waals surface area contributed by atoms with Crippen molar-refractivity contribution in [1.82, 2.24) is 4.98 Å². The van der Waals surface area contributed by atoms with Crippen LogP contribution >= 0.6 is 0 Å². The molecule has 21 heavy (non-hydrogen) atoms. The van der Waals surface area contributed by atoms with Crippen molar-refractivity contribution in [3.63, 3.8) is 0 Å². The van der Waals surface area contributed by atoms with Crippen molar-refractivity contribution in [3.8, 4) is 0 Å². The molecule has 0 aliphatic carbocycles. The second-order valence-corrected chi connectivity index (χ2v) is 6.23. The quantitative estimate of drug-likeness (QED) is 0.902. The molecule has 110 valence electrons. The third-order valence-electron chi connectivity index (χ3n) is 2.88. The first-order valence-corrected chi connectivity index (χ1v) is 7.58. The lowest BCUT2D eigenvalue weighted by Crippen LogP contribution is -2.15. The molecule has 2 rings (SSSR count). The summed E-state index contributed by atoms with van der Waals surface area (Å²) in [5.74, 6) is -0.981. The van der Waals surface area contributed by atoms with E-state index in [0.29, 0.717) is 11.3 Å². The van der Waals surface area contributed by atoms with Crippen LogP contribution in [0.3, 0.4) is 0 Å². The van der Waals surface area contributed by atoms with Gasteiger partial charge in [-0.15, -0.1) is 0 Å². The maximum atomic E-state index is 12.3. The Hall–Kier alpha value is -2.41. The van der Waals surface area contributed by atoms with E-state index in [1.165, 1.54) is 18.2 Å². The van der Waals surface area contributed by atoms with Crippen LogP contribution in [0.4, 0.5) is 5.82 Å². The molecule has 2 N–H and O–H groups in total. The molecule has 0 aliphatic rings. The van der Waals surface area contributed by atoms with Gasteiger partial charge in [0.05, 0.1) is 10.5 Å². The molecule has 6 nitrogen and oxygen atoms in total. The number of aromatic carboxylic acids is 1. The number of aromatic nitrogens is 1. The van der Waals surface area contributed by atoms with Crippen molar-refractivity contribution in [2.24, 2.45) is 0 Å². The van der Waals surface area contributed by atoms with Crippen molar-refractivity contribution in [2.45, 2.75) is 18.7 Å². The predicted molar refractivity (Wildman–Crippen MR) is 77.9 cm³/mol. The molecule has 1 aromatic heterocycles. The van der Waals surface area contributed by atoms with Gasteiger partial charge in [0.25, 0.3) is 10.0 Å². The number of pyridine rings is 1. The normalized spacial score (nSPS) is 11.1. The Morgan fingerprint density at radius 3 is 2.52 bits per heavy atom. The molecule has 0 bridgehead atoms. The fourth-order valence-electron chi connectivity index (χ4n) is 1.80. The summed E-state index contributed by atoms with van der Waals surface area (Å²) in [6, 6.07) is 8.90. The first kappa shape index (κ1) is 15.0. The zero-order chi connectivity index (χ0) is 15.6. The third-order valence-corrected chi connectivity index (χ3v) is 4.23. The highest BCUT2D eigenvalue weighted by Gasteiger charge is 2.18. The molecular formula is C14H14N2O4S. The average molecular weight is 306 g/mol. The molecule has 1 heterocycles. The van der Waals surface area contributed by atoms with Gasteiger partial charge in [-0.25, -0.2) is 18.2 Å². The Kier molecular flexibility index (Phi) is 3.95. The van der Waals surface area contributed by atoms with Crippen LogP contribution in [-0.4, -0.2) is 24.5 Å². The van der Waals surface area contributed by atoms with E-state index in [2.05, 4.69) is 9.71 Å². The van der Waals surface area contributed by atoms with Crippen molar-refractivity contribution in [3.05, 3.63) is 53.2 Å². The number of benzene rings is 1. The van der Waals surface area contributed by atoms with Crippen LogP contribution in [0.2, 0.25) is 0 Å². The number of hydrogen-bond donors (Lipinski definition) is 2. The number of carboxylic acid groups (broad SMARTS) is 1. The van der Waals surface area contributed by atoms with Gasteiger partial charge in [0.1, 0.15) is 5.82 Å². The molecule has 0 spiro atoms. The van der Waals surface area contributed by atoms with Crippen LogP contribution in [0.1, 0.15) is 21.6 Å². The second kappa shape index (κ2) is 5.53. The fourth-order valence-corrected chi connectivity index (χ4v) is 2.82. The lowest BCUT2D eigenvalue weighted by atomic mass is 10.1. The van der Waals surface area contributed by atoms with Gasteiger partial charge >= 0.3 is 5.97 Å². The van der Waals surface area contributed by atoms with Gasteiger partial charge in [-0.2, -0.15) is 0 Å². The molecule has 0 amide bonds. The topological polar surface area (TPSA) is 96.4 Å². The highest BCUT2D eigenvalue weighted by molar-refractivity contribution is 7.92. The van der Waals surface area contributed by atoms with Gasteiger partial charge in [0, 0.05) is 5.69 Å². The van der Waals surface area contributed by atoms with E-state index in [9.17, 15) is 13.2 Å². The molecule has 1 aromatic carbocycles. The first-order valence-electron chi connectivity index (χ1n) is 6.10. The van der Waals surface area contributed by atoms with E-state index in [1.807, 2.05) is 0 Å². The highest BCUT2D eigenvalue weighted by atomic mass is 32.2. The van der Waals surface area contributed by atoms with Gasteiger partial charge in [-0.05, 0) is 43.7 Å². The Morgan fingerprint density at radius 1 is 1.19 bits per heavy atom. The molecule has 0 saturated carbocycles. The van der Waals surface area contributed by atoms with Crippen LogP contribution in [0, 0.1) is 13.8 Å². The van der Waals surface area contributed by atoms with E-state index < -0.39 is 16.0 Å². The van der Waals surface area contributed by atoms with Crippen molar-refractivity contribution < 1.29 is 18.3 Å². The van der Waals surface area contributed by atoms with E-state index in [1.54, 1.807) is 26.0 Å². The van der Waals surface area contributed by atoms with E-state index in [-0.39, 0.29) is 16.3 Å². The second-order valence-electron chi connectivity index (χ2n) is 4.55. The van der Waals surface area contributed by atoms with Gasteiger partial charge < -0.3 is 5.11 Å². The fraction of sp³-hybridized carbons (Fsp3) is 0.143. The average Bonchev–Trinajstić information content (AvgIpc) is 2.38. The van der Waals surface area contributed by atoms with Crippen molar-refractivity contribution >= 4 is 21.8 Å². The maximum absolute atomic E-state index is 12.3. The Balaban J connectivity index is 2.40. The number of carboxylic acids is 1. The Bertz CT molecular complexity index is 800. The van der Waals surface area contributed by atoms with E-state index in [0.717, 1.165) is 6.07 Å². The molecule has 0 atom stereocenters. The van der Waals surface area contributed by atoms with Crippen LogP contribution in [0.15, 0.2) is 41.3 Å². The summed E-state index contributed by atoms with van der Waals surface area (Å²) in [5.41, 5.74) is 1.12. The minimum absolute atomic E-state index is 0.0462. The largest absolute Gasteiger partial charge is 0.478 e. The summed E-state index contributed by atoms with van der Waals surface area (Å²) in [4.78, 5) is 15.0. The predicted octanol–water partition coefficient (Wildman–Crippen LogP) is 2.20. The summed E-state index contributed by atoms with van der Waals surface area (Å²) in [6.45, 7) is 3.35. The number of sulfonamides is 1. The van der Waals surface area contributed by atoms with Gasteiger partial charge in [-0.1, -0.05) is 12.1 Å². The lowest BCUT2D eigenvalue weighted by molar-refractivity contribution is 0.0696. The first-order chi connectivity index (χ1) is 9.79. The van der Waals surface area contributed by atoms with Crippen LogP contribution in [0.25, 0.3) is 0 Å². The number of aryl methyl sites for hydroxylation is 2. The summed E-state index contributed by atoms with van der Waals surface area (Å²) < 4.78 is 26.8. The number of anilines is 1. The molecule has 0 aliphatic heterocycles. The molecule has 0 unspecified atom stereocenters. The van der Waals surface area contributed by atoms with E-state index >= 15 is 0 Å². The van der Waals surface area contributed by atoms with Crippen LogP contribution in [0.5, 0.6) is 0 Å². The molecule has 7 heteroatoms. The number of rotatable bonds is 4. The molecule has 0 saturated heterocycles. The zero-order valence-corrected chi connectivity index (χ0v) is 12.3. The van der Waals surface area contributed by atoms with E-state index in [4.69, 9.17) is 5.11 Å². The number of nitrogens with one attached hydrogen (secondary N) is 1. The summed E-state index contributed by atoms with van der Waals surface area (Å²) in [5, 5.41) is 9.05. The SMILES string of the molecule is Cc1cccc(NS(=O)(=O)c2ccc(C)c(C(=O)O)c2)n1. The van der Waals surface area contributed by atoms with Gasteiger partial charge in [0.15, 0.2) is 0 Å². The Morgan fingerprint density at radius 2 is 1.90 bits per heavy atom. The van der Waals surface area contributed by atoms with Gasteiger partial charge in [0.2, 0.25) is 0 Å². The minimum atomic E-state index is -3.88. The minimum Gasteiger partial charge on any atom is -0.478 e. The third kappa shape index (κ3) is 3.38. The smallest absolute Gasteiger partial charge is 0.335 e. The number of hydrogen-bond acceptors (Lipinski definition) is 4. The van der Waals surface area contributed by atoms with Crippen LogP contribution < -0.4 is 4.72 Å². The highest BCUT2D eigenvalue weighted by Crippen LogP contribution is 2.18. The van der Waals surface area contributed by atoms with Crippen LogP contribution in [-0.2, 0) is 10.0 Å². The summed E-state index contributed by atoms with van der Waals surface area (Å²) in [6.07, 6.45) is 0.